The largest absolute Gasteiger partial charge is 0.481 e. The van der Waals surface area contributed by atoms with Crippen LogP contribution in [0, 0.1) is 0 Å². The molecule has 0 bridgehead atoms. The second-order valence-corrected chi connectivity index (χ2v) is 4.09. The van der Waals surface area contributed by atoms with Crippen LogP contribution in [0.4, 0.5) is 18.9 Å². The van der Waals surface area contributed by atoms with Gasteiger partial charge in [0.25, 0.3) is 5.91 Å². The van der Waals surface area contributed by atoms with Crippen LogP contribution in [-0.2, 0) is 6.18 Å². The molecule has 0 aliphatic carbocycles. The van der Waals surface area contributed by atoms with Crippen molar-refractivity contribution >= 4 is 11.6 Å². The van der Waals surface area contributed by atoms with E-state index in [1.54, 1.807) is 0 Å². The molecule has 4 nitrogen and oxygen atoms in total. The third-order valence-electron chi connectivity index (χ3n) is 2.69. The average molecular weight is 296 g/mol. The van der Waals surface area contributed by atoms with Crippen LogP contribution in [0.2, 0.25) is 0 Å². The van der Waals surface area contributed by atoms with E-state index in [9.17, 15) is 18.0 Å². The smallest absolute Gasteiger partial charge is 0.418 e. The van der Waals surface area contributed by atoms with Gasteiger partial charge < -0.3 is 10.1 Å². The van der Waals surface area contributed by atoms with Crippen LogP contribution in [0.1, 0.15) is 15.9 Å². The Kier molecular flexibility index (Phi) is 4.11. The summed E-state index contributed by atoms with van der Waals surface area (Å²) in [6.45, 7) is 0. The standard InChI is InChI=1S/C14H11F3N2O2/c1-21-12-7-6-9(8-18-12)13(20)19-11-5-3-2-4-10(11)14(15,16)17/h2-8H,1H3,(H,19,20). The van der Waals surface area contributed by atoms with E-state index in [0.29, 0.717) is 5.88 Å². The van der Waals surface area contributed by atoms with Crippen molar-refractivity contribution in [3.05, 3.63) is 53.7 Å². The Hall–Kier alpha value is -2.57. The monoisotopic (exact) mass is 296 g/mol. The molecule has 21 heavy (non-hydrogen) atoms. The zero-order valence-corrected chi connectivity index (χ0v) is 10.9. The molecular weight excluding hydrogens is 285 g/mol. The van der Waals surface area contributed by atoms with Gasteiger partial charge in [-0.25, -0.2) is 4.98 Å². The van der Waals surface area contributed by atoms with E-state index < -0.39 is 17.6 Å². The number of amides is 1. The summed E-state index contributed by atoms with van der Waals surface area (Å²) in [5, 5.41) is 2.23. The highest BCUT2D eigenvalue weighted by molar-refractivity contribution is 6.04. The van der Waals surface area contributed by atoms with Crippen molar-refractivity contribution in [2.75, 3.05) is 12.4 Å². The molecule has 0 aliphatic rings. The molecule has 0 aliphatic heterocycles. The van der Waals surface area contributed by atoms with Gasteiger partial charge in [0.1, 0.15) is 0 Å². The lowest BCUT2D eigenvalue weighted by Crippen LogP contribution is -2.16. The van der Waals surface area contributed by atoms with Crippen molar-refractivity contribution in [3.8, 4) is 5.88 Å². The Labute approximate surface area is 118 Å². The van der Waals surface area contributed by atoms with Crippen LogP contribution in [-0.4, -0.2) is 18.0 Å². The molecule has 1 aromatic carbocycles. The number of carbonyl (C=O) groups excluding carboxylic acids is 1. The minimum atomic E-state index is -4.54. The summed E-state index contributed by atoms with van der Waals surface area (Å²) >= 11 is 0. The van der Waals surface area contributed by atoms with Gasteiger partial charge in [0, 0.05) is 12.3 Å². The first kappa shape index (κ1) is 14.8. The molecule has 0 atom stereocenters. The highest BCUT2D eigenvalue weighted by atomic mass is 19.4. The maximum Gasteiger partial charge on any atom is 0.418 e. The Morgan fingerprint density at radius 1 is 1.19 bits per heavy atom. The van der Waals surface area contributed by atoms with Crippen molar-refractivity contribution in [2.45, 2.75) is 6.18 Å². The Balaban J connectivity index is 2.23. The summed E-state index contributed by atoms with van der Waals surface area (Å²) < 4.78 is 43.3. The minimum Gasteiger partial charge on any atom is -0.481 e. The first-order valence-electron chi connectivity index (χ1n) is 5.89. The molecule has 110 valence electrons. The van der Waals surface area contributed by atoms with Gasteiger partial charge in [0.05, 0.1) is 23.9 Å². The number of hydrogen-bond acceptors (Lipinski definition) is 3. The summed E-state index contributed by atoms with van der Waals surface area (Å²) in [5.41, 5.74) is -1.07. The predicted octanol–water partition coefficient (Wildman–Crippen LogP) is 3.36. The van der Waals surface area contributed by atoms with E-state index in [1.165, 1.54) is 43.6 Å². The van der Waals surface area contributed by atoms with Crippen LogP contribution in [0.15, 0.2) is 42.6 Å². The van der Waals surface area contributed by atoms with Crippen LogP contribution >= 0.6 is 0 Å². The molecule has 2 aromatic rings. The lowest BCUT2D eigenvalue weighted by atomic mass is 10.1. The van der Waals surface area contributed by atoms with Gasteiger partial charge >= 0.3 is 6.18 Å². The first-order chi connectivity index (χ1) is 9.91. The molecule has 0 saturated heterocycles. The fraction of sp³-hybridized carbons (Fsp3) is 0.143. The first-order valence-corrected chi connectivity index (χ1v) is 5.89. The van der Waals surface area contributed by atoms with Gasteiger partial charge in [-0.15, -0.1) is 0 Å². The van der Waals surface area contributed by atoms with Crippen LogP contribution < -0.4 is 10.1 Å². The summed E-state index contributed by atoms with van der Waals surface area (Å²) in [7, 11) is 1.42. The van der Waals surface area contributed by atoms with Gasteiger partial charge in [-0.3, -0.25) is 4.79 Å². The van der Waals surface area contributed by atoms with Crippen LogP contribution in [0.3, 0.4) is 0 Å². The van der Waals surface area contributed by atoms with Gasteiger partial charge in [-0.1, -0.05) is 12.1 Å². The number of nitrogens with zero attached hydrogens (tertiary/aromatic N) is 1. The number of hydrogen-bond donors (Lipinski definition) is 1. The van der Waals surface area contributed by atoms with Gasteiger partial charge in [0.2, 0.25) is 5.88 Å². The highest BCUT2D eigenvalue weighted by Gasteiger charge is 2.33. The number of para-hydroxylation sites is 1. The van der Waals surface area contributed by atoms with Crippen molar-refractivity contribution in [2.24, 2.45) is 0 Å². The fourth-order valence-corrected chi connectivity index (χ4v) is 1.67. The normalized spacial score (nSPS) is 11.0. The van der Waals surface area contributed by atoms with Crippen molar-refractivity contribution in [1.82, 2.24) is 4.98 Å². The van der Waals surface area contributed by atoms with E-state index in [2.05, 4.69) is 10.3 Å². The Bertz CT molecular complexity index is 639. The number of benzene rings is 1. The molecule has 1 amide bonds. The molecule has 0 fully saturated rings. The van der Waals surface area contributed by atoms with Crippen molar-refractivity contribution in [3.63, 3.8) is 0 Å². The number of alkyl halides is 3. The molecule has 0 unspecified atom stereocenters. The molecule has 2 rings (SSSR count). The van der Waals surface area contributed by atoms with Gasteiger partial charge in [-0.2, -0.15) is 13.2 Å². The predicted molar refractivity (Wildman–Crippen MR) is 70.2 cm³/mol. The van der Waals surface area contributed by atoms with Crippen LogP contribution in [0.5, 0.6) is 5.88 Å². The number of anilines is 1. The molecule has 1 N–H and O–H groups in total. The molecule has 0 saturated carbocycles. The van der Waals surface area contributed by atoms with E-state index in [1.807, 2.05) is 0 Å². The summed E-state index contributed by atoms with van der Waals surface area (Å²) in [5.74, 6) is -0.371. The summed E-state index contributed by atoms with van der Waals surface area (Å²) in [6, 6.07) is 7.63. The van der Waals surface area contributed by atoms with E-state index in [-0.39, 0.29) is 11.3 Å². The third-order valence-corrected chi connectivity index (χ3v) is 2.69. The second-order valence-electron chi connectivity index (χ2n) is 4.09. The van der Waals surface area contributed by atoms with E-state index in [0.717, 1.165) is 6.07 Å². The maximum atomic E-state index is 12.8. The van der Waals surface area contributed by atoms with Gasteiger partial charge in [-0.05, 0) is 18.2 Å². The minimum absolute atomic E-state index is 0.132. The SMILES string of the molecule is COc1ccc(C(=O)Nc2ccccc2C(F)(F)F)cn1. The third kappa shape index (κ3) is 3.50. The number of ether oxygens (including phenoxy) is 1. The molecular formula is C14H11F3N2O2. The maximum absolute atomic E-state index is 12.8. The van der Waals surface area contributed by atoms with Crippen molar-refractivity contribution < 1.29 is 22.7 Å². The second kappa shape index (κ2) is 5.82. The van der Waals surface area contributed by atoms with Gasteiger partial charge in [0.15, 0.2) is 0 Å². The highest BCUT2D eigenvalue weighted by Crippen LogP contribution is 2.34. The number of halogens is 3. The lowest BCUT2D eigenvalue weighted by molar-refractivity contribution is -0.136. The van der Waals surface area contributed by atoms with Crippen molar-refractivity contribution in [1.29, 1.82) is 0 Å². The van der Waals surface area contributed by atoms with E-state index >= 15 is 0 Å². The molecule has 0 radical (unpaired) electrons. The molecule has 0 spiro atoms. The van der Waals surface area contributed by atoms with E-state index in [4.69, 9.17) is 4.74 Å². The number of pyridine rings is 1. The molecule has 1 heterocycles. The molecule has 7 heteroatoms. The number of rotatable bonds is 3. The average Bonchev–Trinajstić information content (AvgIpc) is 2.47. The fourth-order valence-electron chi connectivity index (χ4n) is 1.67. The zero-order chi connectivity index (χ0) is 15.5. The summed E-state index contributed by atoms with van der Waals surface area (Å²) in [4.78, 5) is 15.8. The Morgan fingerprint density at radius 3 is 2.48 bits per heavy atom. The number of aromatic nitrogens is 1. The number of carbonyl (C=O) groups is 1. The molecule has 1 aromatic heterocycles. The zero-order valence-electron chi connectivity index (χ0n) is 10.9. The quantitative estimate of drug-likeness (QED) is 0.945. The summed E-state index contributed by atoms with van der Waals surface area (Å²) in [6.07, 6.45) is -3.31. The lowest BCUT2D eigenvalue weighted by Gasteiger charge is -2.13. The Morgan fingerprint density at radius 2 is 1.90 bits per heavy atom. The topological polar surface area (TPSA) is 51.2 Å². The number of methoxy groups -OCH3 is 1. The van der Waals surface area contributed by atoms with Crippen LogP contribution in [0.25, 0.3) is 0 Å². The number of nitrogens with one attached hydrogen (secondary N) is 1.